The minimum absolute atomic E-state index is 0.318. The van der Waals surface area contributed by atoms with Crippen LogP contribution in [-0.2, 0) is 11.2 Å². The third-order valence-electron chi connectivity index (χ3n) is 2.45. The van der Waals surface area contributed by atoms with E-state index >= 15 is 0 Å². The molecule has 0 saturated heterocycles. The zero-order chi connectivity index (χ0) is 12.8. The number of likely N-dealkylation sites (N-methyl/N-ethyl adjacent to an activating group) is 1. The maximum Gasteiger partial charge on any atom is 0.409 e. The van der Waals surface area contributed by atoms with Crippen molar-refractivity contribution in [1.29, 1.82) is 0 Å². The lowest BCUT2D eigenvalue weighted by Crippen LogP contribution is -2.28. The van der Waals surface area contributed by atoms with Gasteiger partial charge < -0.3 is 14.4 Å². The van der Waals surface area contributed by atoms with Crippen molar-refractivity contribution < 1.29 is 18.7 Å². The summed E-state index contributed by atoms with van der Waals surface area (Å²) in [5, 5.41) is 0. The molecule has 0 N–H and O–H groups in total. The summed E-state index contributed by atoms with van der Waals surface area (Å²) in [7, 11) is 4.47. The first-order valence-corrected chi connectivity index (χ1v) is 5.20. The van der Waals surface area contributed by atoms with E-state index in [2.05, 4.69) is 4.74 Å². The Balaban J connectivity index is 2.68. The maximum absolute atomic E-state index is 13.1. The van der Waals surface area contributed by atoms with E-state index in [1.165, 1.54) is 31.3 Å². The van der Waals surface area contributed by atoms with Crippen molar-refractivity contribution in [3.63, 3.8) is 0 Å². The minimum Gasteiger partial charge on any atom is -0.496 e. The van der Waals surface area contributed by atoms with Gasteiger partial charge in [-0.3, -0.25) is 0 Å². The number of methoxy groups -OCH3 is 2. The number of hydrogen-bond acceptors (Lipinski definition) is 3. The number of halogens is 1. The molecule has 0 aliphatic carbocycles. The lowest BCUT2D eigenvalue weighted by atomic mass is 10.1. The van der Waals surface area contributed by atoms with Crippen LogP contribution in [0.15, 0.2) is 18.2 Å². The molecule has 0 aromatic heterocycles. The predicted octanol–water partition coefficient (Wildman–Crippen LogP) is 2.08. The number of ether oxygens (including phenoxy) is 2. The lowest BCUT2D eigenvalue weighted by Gasteiger charge is -2.16. The smallest absolute Gasteiger partial charge is 0.409 e. The topological polar surface area (TPSA) is 38.8 Å². The van der Waals surface area contributed by atoms with E-state index in [-0.39, 0.29) is 5.82 Å². The molecular weight excluding hydrogens is 225 g/mol. The van der Waals surface area contributed by atoms with Gasteiger partial charge in [-0.05, 0) is 30.2 Å². The fourth-order valence-corrected chi connectivity index (χ4v) is 1.48. The predicted molar refractivity (Wildman–Crippen MR) is 61.7 cm³/mol. The number of amides is 1. The first-order chi connectivity index (χ1) is 8.08. The molecule has 5 heteroatoms. The van der Waals surface area contributed by atoms with Gasteiger partial charge in [-0.1, -0.05) is 0 Å². The van der Waals surface area contributed by atoms with Crippen LogP contribution in [0.5, 0.6) is 5.75 Å². The molecule has 17 heavy (non-hydrogen) atoms. The molecule has 0 fully saturated rings. The highest BCUT2D eigenvalue weighted by atomic mass is 19.1. The highest BCUT2D eigenvalue weighted by Gasteiger charge is 2.10. The summed E-state index contributed by atoms with van der Waals surface area (Å²) in [6.07, 6.45) is 0.0902. The maximum atomic E-state index is 13.1. The van der Waals surface area contributed by atoms with Gasteiger partial charge in [0.1, 0.15) is 11.6 Å². The van der Waals surface area contributed by atoms with E-state index in [0.29, 0.717) is 18.7 Å². The van der Waals surface area contributed by atoms with Gasteiger partial charge in [-0.25, -0.2) is 9.18 Å². The molecule has 0 bridgehead atoms. The highest BCUT2D eigenvalue weighted by molar-refractivity contribution is 5.66. The van der Waals surface area contributed by atoms with E-state index in [1.54, 1.807) is 13.1 Å². The summed E-state index contributed by atoms with van der Waals surface area (Å²) >= 11 is 0. The van der Waals surface area contributed by atoms with Crippen LogP contribution in [0, 0.1) is 5.82 Å². The van der Waals surface area contributed by atoms with Gasteiger partial charge in [0.15, 0.2) is 0 Å². The average molecular weight is 241 g/mol. The lowest BCUT2D eigenvalue weighted by molar-refractivity contribution is 0.134. The second-order valence-electron chi connectivity index (χ2n) is 3.60. The van der Waals surface area contributed by atoms with Crippen molar-refractivity contribution in [2.24, 2.45) is 0 Å². The molecule has 0 heterocycles. The van der Waals surface area contributed by atoms with Crippen molar-refractivity contribution in [3.05, 3.63) is 29.6 Å². The molecule has 1 aromatic carbocycles. The Bertz CT molecular complexity index is 395. The molecule has 0 aliphatic heterocycles. The molecule has 0 atom stereocenters. The number of carbonyl (C=O) groups is 1. The molecule has 94 valence electrons. The van der Waals surface area contributed by atoms with E-state index in [0.717, 1.165) is 5.56 Å². The summed E-state index contributed by atoms with van der Waals surface area (Å²) in [6.45, 7) is 0.437. The zero-order valence-corrected chi connectivity index (χ0v) is 10.2. The number of carbonyl (C=O) groups excluding carboxylic acids is 1. The van der Waals surface area contributed by atoms with Crippen LogP contribution in [0.1, 0.15) is 5.56 Å². The van der Waals surface area contributed by atoms with Crippen LogP contribution >= 0.6 is 0 Å². The van der Waals surface area contributed by atoms with Crippen molar-refractivity contribution >= 4 is 6.09 Å². The molecule has 1 rings (SSSR count). The Morgan fingerprint density at radius 1 is 1.41 bits per heavy atom. The van der Waals surface area contributed by atoms with Crippen LogP contribution in [-0.4, -0.2) is 38.8 Å². The molecule has 0 aliphatic rings. The summed E-state index contributed by atoms with van der Waals surface area (Å²) in [5.74, 6) is 0.297. The van der Waals surface area contributed by atoms with E-state index in [9.17, 15) is 9.18 Å². The standard InChI is InChI=1S/C12H16FNO3/c1-14(12(15)17-3)7-6-9-8-10(13)4-5-11(9)16-2/h4-5,8H,6-7H2,1-3H3. The van der Waals surface area contributed by atoms with Gasteiger partial charge in [0.2, 0.25) is 0 Å². The summed E-state index contributed by atoms with van der Waals surface area (Å²) in [4.78, 5) is 12.6. The third-order valence-corrected chi connectivity index (χ3v) is 2.45. The van der Waals surface area contributed by atoms with Crippen molar-refractivity contribution in [2.75, 3.05) is 27.8 Å². The normalized spacial score (nSPS) is 9.88. The van der Waals surface area contributed by atoms with Crippen molar-refractivity contribution in [2.45, 2.75) is 6.42 Å². The van der Waals surface area contributed by atoms with Crippen molar-refractivity contribution in [3.8, 4) is 5.75 Å². The zero-order valence-electron chi connectivity index (χ0n) is 10.2. The fraction of sp³-hybridized carbons (Fsp3) is 0.417. The molecule has 0 unspecified atom stereocenters. The fourth-order valence-electron chi connectivity index (χ4n) is 1.48. The summed E-state index contributed by atoms with van der Waals surface area (Å²) in [6, 6.07) is 4.32. The first-order valence-electron chi connectivity index (χ1n) is 5.20. The second-order valence-corrected chi connectivity index (χ2v) is 3.60. The monoisotopic (exact) mass is 241 g/mol. The highest BCUT2D eigenvalue weighted by Crippen LogP contribution is 2.19. The van der Waals surface area contributed by atoms with Crippen LogP contribution < -0.4 is 4.74 Å². The molecule has 0 spiro atoms. The largest absolute Gasteiger partial charge is 0.496 e. The quantitative estimate of drug-likeness (QED) is 0.810. The molecule has 4 nitrogen and oxygen atoms in total. The molecule has 1 amide bonds. The van der Waals surface area contributed by atoms with Crippen LogP contribution in [0.4, 0.5) is 9.18 Å². The molecule has 0 saturated carbocycles. The SMILES string of the molecule is COC(=O)N(C)CCc1cc(F)ccc1OC. The van der Waals surface area contributed by atoms with Gasteiger partial charge >= 0.3 is 6.09 Å². The Hall–Kier alpha value is -1.78. The third kappa shape index (κ3) is 3.62. The Kier molecular flexibility index (Phi) is 4.75. The summed E-state index contributed by atoms with van der Waals surface area (Å²) < 4.78 is 22.8. The van der Waals surface area contributed by atoms with Crippen LogP contribution in [0.25, 0.3) is 0 Å². The number of benzene rings is 1. The Morgan fingerprint density at radius 2 is 2.12 bits per heavy atom. The van der Waals surface area contributed by atoms with Crippen LogP contribution in [0.3, 0.4) is 0 Å². The van der Waals surface area contributed by atoms with Gasteiger partial charge in [0.05, 0.1) is 14.2 Å². The number of rotatable bonds is 4. The van der Waals surface area contributed by atoms with E-state index < -0.39 is 6.09 Å². The Labute approximate surface area is 99.9 Å². The molecule has 1 aromatic rings. The molecule has 0 radical (unpaired) electrons. The van der Waals surface area contributed by atoms with Crippen LogP contribution in [0.2, 0.25) is 0 Å². The minimum atomic E-state index is -0.416. The van der Waals surface area contributed by atoms with Gasteiger partial charge in [-0.2, -0.15) is 0 Å². The first kappa shape index (κ1) is 13.3. The van der Waals surface area contributed by atoms with Gasteiger partial charge in [0.25, 0.3) is 0 Å². The van der Waals surface area contributed by atoms with E-state index in [4.69, 9.17) is 4.74 Å². The van der Waals surface area contributed by atoms with Crippen molar-refractivity contribution in [1.82, 2.24) is 4.90 Å². The molecular formula is C12H16FNO3. The summed E-state index contributed by atoms with van der Waals surface area (Å²) in [5.41, 5.74) is 0.725. The number of hydrogen-bond donors (Lipinski definition) is 0. The van der Waals surface area contributed by atoms with E-state index in [1.807, 2.05) is 0 Å². The average Bonchev–Trinajstić information content (AvgIpc) is 2.35. The Morgan fingerprint density at radius 3 is 2.71 bits per heavy atom. The number of nitrogens with zero attached hydrogens (tertiary/aromatic N) is 1. The van der Waals surface area contributed by atoms with Gasteiger partial charge in [-0.15, -0.1) is 0 Å². The second kappa shape index (κ2) is 6.08. The van der Waals surface area contributed by atoms with Gasteiger partial charge in [0, 0.05) is 13.6 Å².